The molecule has 1 atom stereocenters. The third-order valence-electron chi connectivity index (χ3n) is 6.02. The van der Waals surface area contributed by atoms with E-state index in [-0.39, 0.29) is 10.5 Å². The Morgan fingerprint density at radius 2 is 1.71 bits per heavy atom. The molecule has 176 valence electrons. The zero-order chi connectivity index (χ0) is 24.6. The van der Waals surface area contributed by atoms with E-state index in [9.17, 15) is 13.2 Å². The van der Waals surface area contributed by atoms with Crippen molar-refractivity contribution in [3.63, 3.8) is 0 Å². The second kappa shape index (κ2) is 9.33. The van der Waals surface area contributed by atoms with Crippen LogP contribution in [0, 0.1) is 13.8 Å². The van der Waals surface area contributed by atoms with Crippen LogP contribution < -0.4 is 5.56 Å². The van der Waals surface area contributed by atoms with Gasteiger partial charge in [0.15, 0.2) is 0 Å². The van der Waals surface area contributed by atoms with Gasteiger partial charge in [0, 0.05) is 12.1 Å². The standard InChI is InChI=1S/C26H26ClN3O3S/c1-5-23(29(4)34(32,33)20-13-10-17(2)11-14-20)25-28-22-9-7-6-8-21(22)26(31)30(25)24-15-12-19(27)16-18(24)3/h6-16,23H,5H2,1-4H3. The molecule has 1 heterocycles. The van der Waals surface area contributed by atoms with Crippen LogP contribution in [0.3, 0.4) is 0 Å². The molecule has 0 spiro atoms. The Morgan fingerprint density at radius 1 is 1.03 bits per heavy atom. The summed E-state index contributed by atoms with van der Waals surface area (Å²) in [5.74, 6) is 0.356. The SMILES string of the molecule is CCC(c1nc2ccccc2c(=O)n1-c1ccc(Cl)cc1C)N(C)S(=O)(=O)c1ccc(C)cc1. The van der Waals surface area contributed by atoms with Gasteiger partial charge in [-0.3, -0.25) is 9.36 Å². The van der Waals surface area contributed by atoms with Gasteiger partial charge in [0.05, 0.1) is 27.5 Å². The van der Waals surface area contributed by atoms with E-state index < -0.39 is 16.1 Å². The Labute approximate surface area is 204 Å². The summed E-state index contributed by atoms with van der Waals surface area (Å²) in [7, 11) is -2.31. The molecule has 0 aliphatic carbocycles. The summed E-state index contributed by atoms with van der Waals surface area (Å²) in [4.78, 5) is 18.7. The Bertz CT molecular complexity index is 1530. The number of aromatic nitrogens is 2. The number of hydrogen-bond donors (Lipinski definition) is 0. The van der Waals surface area contributed by atoms with E-state index >= 15 is 0 Å². The summed E-state index contributed by atoms with van der Waals surface area (Å²) in [6.45, 7) is 5.65. The molecule has 4 rings (SSSR count). The fourth-order valence-electron chi connectivity index (χ4n) is 4.12. The minimum Gasteiger partial charge on any atom is -0.268 e. The maximum Gasteiger partial charge on any atom is 0.266 e. The van der Waals surface area contributed by atoms with Crippen LogP contribution in [0.25, 0.3) is 16.6 Å². The first-order valence-corrected chi connectivity index (χ1v) is 12.8. The second-order valence-corrected chi connectivity index (χ2v) is 10.8. The zero-order valence-electron chi connectivity index (χ0n) is 19.5. The zero-order valence-corrected chi connectivity index (χ0v) is 21.1. The highest BCUT2D eigenvalue weighted by atomic mass is 35.5. The lowest BCUT2D eigenvalue weighted by Crippen LogP contribution is -2.36. The van der Waals surface area contributed by atoms with Gasteiger partial charge in [-0.15, -0.1) is 0 Å². The topological polar surface area (TPSA) is 72.3 Å². The van der Waals surface area contributed by atoms with E-state index in [1.807, 2.05) is 26.8 Å². The quantitative estimate of drug-likeness (QED) is 0.357. The highest BCUT2D eigenvalue weighted by molar-refractivity contribution is 7.89. The molecule has 0 saturated heterocycles. The summed E-state index contributed by atoms with van der Waals surface area (Å²) < 4.78 is 29.9. The molecule has 4 aromatic rings. The van der Waals surface area contributed by atoms with E-state index in [2.05, 4.69) is 0 Å². The molecular formula is C26H26ClN3O3S. The second-order valence-electron chi connectivity index (χ2n) is 8.32. The monoisotopic (exact) mass is 495 g/mol. The Hall–Kier alpha value is -3.00. The summed E-state index contributed by atoms with van der Waals surface area (Å²) in [5, 5.41) is 1.01. The first kappa shape index (κ1) is 24.1. The molecule has 0 fully saturated rings. The lowest BCUT2D eigenvalue weighted by atomic mass is 10.1. The lowest BCUT2D eigenvalue weighted by molar-refractivity contribution is 0.347. The van der Waals surface area contributed by atoms with Crippen LogP contribution in [0.5, 0.6) is 0 Å². The molecule has 0 N–H and O–H groups in total. The number of rotatable bonds is 6. The average Bonchev–Trinajstić information content (AvgIpc) is 2.81. The molecule has 0 radical (unpaired) electrons. The van der Waals surface area contributed by atoms with Gasteiger partial charge in [0.25, 0.3) is 5.56 Å². The molecule has 1 aromatic heterocycles. The molecule has 34 heavy (non-hydrogen) atoms. The van der Waals surface area contributed by atoms with Crippen molar-refractivity contribution in [2.45, 2.75) is 38.1 Å². The van der Waals surface area contributed by atoms with E-state index in [1.165, 1.54) is 15.9 Å². The van der Waals surface area contributed by atoms with Crippen molar-refractivity contribution in [2.24, 2.45) is 0 Å². The molecule has 0 aliphatic rings. The molecular weight excluding hydrogens is 470 g/mol. The van der Waals surface area contributed by atoms with Gasteiger partial charge in [-0.2, -0.15) is 4.31 Å². The van der Waals surface area contributed by atoms with Gasteiger partial charge in [-0.1, -0.05) is 48.4 Å². The lowest BCUT2D eigenvalue weighted by Gasteiger charge is -2.29. The van der Waals surface area contributed by atoms with Crippen LogP contribution >= 0.6 is 11.6 Å². The number of para-hydroxylation sites is 1. The predicted molar refractivity (Wildman–Crippen MR) is 136 cm³/mol. The highest BCUT2D eigenvalue weighted by Gasteiger charge is 2.32. The van der Waals surface area contributed by atoms with Gasteiger partial charge in [-0.05, 0) is 68.3 Å². The number of halogens is 1. The van der Waals surface area contributed by atoms with Crippen molar-refractivity contribution in [1.29, 1.82) is 0 Å². The molecule has 0 bridgehead atoms. The molecule has 8 heteroatoms. The van der Waals surface area contributed by atoms with Crippen molar-refractivity contribution in [2.75, 3.05) is 7.05 Å². The average molecular weight is 496 g/mol. The fraction of sp³-hybridized carbons (Fsp3) is 0.231. The summed E-state index contributed by atoms with van der Waals surface area (Å²) >= 11 is 6.17. The number of sulfonamides is 1. The van der Waals surface area contributed by atoms with Crippen molar-refractivity contribution in [1.82, 2.24) is 13.9 Å². The third kappa shape index (κ3) is 4.27. The Morgan fingerprint density at radius 3 is 2.35 bits per heavy atom. The van der Waals surface area contributed by atoms with Gasteiger partial charge < -0.3 is 0 Å². The smallest absolute Gasteiger partial charge is 0.266 e. The van der Waals surface area contributed by atoms with Crippen LogP contribution in [-0.2, 0) is 10.0 Å². The van der Waals surface area contributed by atoms with E-state index in [4.69, 9.17) is 16.6 Å². The van der Waals surface area contributed by atoms with E-state index in [0.29, 0.717) is 33.9 Å². The molecule has 0 aliphatic heterocycles. The van der Waals surface area contributed by atoms with Gasteiger partial charge >= 0.3 is 0 Å². The number of nitrogens with zero attached hydrogens (tertiary/aromatic N) is 3. The molecule has 0 saturated carbocycles. The summed E-state index contributed by atoms with van der Waals surface area (Å²) in [6.07, 6.45) is 0.416. The molecule has 3 aromatic carbocycles. The van der Waals surface area contributed by atoms with Gasteiger partial charge in [0.2, 0.25) is 10.0 Å². The normalized spacial score (nSPS) is 12.9. The van der Waals surface area contributed by atoms with Crippen LogP contribution in [0.4, 0.5) is 0 Å². The Balaban J connectivity index is 1.98. The third-order valence-corrected chi connectivity index (χ3v) is 8.14. The first-order chi connectivity index (χ1) is 16.1. The van der Waals surface area contributed by atoms with Crippen molar-refractivity contribution < 1.29 is 8.42 Å². The minimum atomic E-state index is -3.84. The maximum absolute atomic E-state index is 13.7. The highest BCUT2D eigenvalue weighted by Crippen LogP contribution is 2.30. The predicted octanol–water partition coefficient (Wildman–Crippen LogP) is 5.43. The van der Waals surface area contributed by atoms with E-state index in [1.54, 1.807) is 60.7 Å². The van der Waals surface area contributed by atoms with Crippen LogP contribution in [0.15, 0.2) is 76.4 Å². The first-order valence-electron chi connectivity index (χ1n) is 11.0. The largest absolute Gasteiger partial charge is 0.268 e. The Kier molecular flexibility index (Phi) is 6.62. The number of hydrogen-bond acceptors (Lipinski definition) is 4. The van der Waals surface area contributed by atoms with Crippen molar-refractivity contribution in [3.8, 4) is 5.69 Å². The van der Waals surface area contributed by atoms with Gasteiger partial charge in [0.1, 0.15) is 5.82 Å². The van der Waals surface area contributed by atoms with Crippen molar-refractivity contribution >= 4 is 32.5 Å². The van der Waals surface area contributed by atoms with Crippen LogP contribution in [0.1, 0.15) is 36.3 Å². The van der Waals surface area contributed by atoms with Crippen molar-refractivity contribution in [3.05, 3.63) is 99.1 Å². The number of aryl methyl sites for hydroxylation is 2. The van der Waals surface area contributed by atoms with Crippen LogP contribution in [0.2, 0.25) is 5.02 Å². The number of benzene rings is 3. The summed E-state index contributed by atoms with van der Waals surface area (Å²) in [5.41, 5.74) is 2.63. The minimum absolute atomic E-state index is 0.191. The van der Waals surface area contributed by atoms with Gasteiger partial charge in [-0.25, -0.2) is 13.4 Å². The molecule has 0 amide bonds. The fourth-order valence-corrected chi connectivity index (χ4v) is 5.74. The van der Waals surface area contributed by atoms with E-state index in [0.717, 1.165) is 11.1 Å². The summed E-state index contributed by atoms with van der Waals surface area (Å²) in [6, 6.07) is 18.4. The van der Waals surface area contributed by atoms with Crippen LogP contribution in [-0.4, -0.2) is 29.3 Å². The maximum atomic E-state index is 13.7. The number of fused-ring (bicyclic) bond motifs is 1. The molecule has 1 unspecified atom stereocenters. The molecule has 6 nitrogen and oxygen atoms in total.